The lowest BCUT2D eigenvalue weighted by molar-refractivity contribution is -0.0572. The first-order valence-corrected chi connectivity index (χ1v) is 13.8. The van der Waals surface area contributed by atoms with Crippen LogP contribution in [0.1, 0.15) is 124 Å². The van der Waals surface area contributed by atoms with Crippen molar-refractivity contribution in [1.29, 1.82) is 0 Å². The second kappa shape index (κ2) is 9.29. The molecule has 0 unspecified atom stereocenters. The summed E-state index contributed by atoms with van der Waals surface area (Å²) in [4.78, 5) is 0. The molecule has 0 aliphatic heterocycles. The molecular weight excluding hydrogens is 364 g/mol. The van der Waals surface area contributed by atoms with Gasteiger partial charge in [-0.25, -0.2) is 0 Å². The van der Waals surface area contributed by atoms with E-state index < -0.39 is 0 Å². The summed E-state index contributed by atoms with van der Waals surface area (Å²) >= 11 is 0. The first kappa shape index (κ1) is 22.9. The van der Waals surface area contributed by atoms with Crippen molar-refractivity contribution in [3.05, 3.63) is 11.6 Å². The van der Waals surface area contributed by atoms with Gasteiger partial charge in [-0.05, 0) is 91.8 Å². The Balaban J connectivity index is 1.39. The Labute approximate surface area is 187 Å². The highest BCUT2D eigenvalue weighted by molar-refractivity contribution is 5.25. The van der Waals surface area contributed by atoms with E-state index in [1.165, 1.54) is 83.5 Å². The summed E-state index contributed by atoms with van der Waals surface area (Å²) in [5.74, 6) is 4.63. The standard InChI is InChI=1S/C29H50O/c1-5-6-7-8-9-10-11-21(2)25-14-15-26-24-13-12-22-20-23(30)16-18-28(22,3)27(24)17-19-29(25,26)4/h12,21,23-27,30H,5-11,13-20H2,1-4H3/t21-,23+,24+,25-,26+,27+,28+,29-/m1/s1. The third-order valence-electron chi connectivity index (χ3n) is 10.9. The fourth-order valence-corrected chi connectivity index (χ4v) is 9.06. The Morgan fingerprint density at radius 1 is 0.967 bits per heavy atom. The Morgan fingerprint density at radius 2 is 1.73 bits per heavy atom. The first-order valence-electron chi connectivity index (χ1n) is 13.8. The van der Waals surface area contributed by atoms with Gasteiger partial charge in [-0.3, -0.25) is 0 Å². The SMILES string of the molecule is CCCCCCCC[C@@H](C)[C@H]1CC[C@H]2[C@@H]3CC=C4C[C@@H](O)CC[C@]4(C)[C@H]3CC[C@]12C. The second-order valence-electron chi connectivity index (χ2n) is 12.4. The fourth-order valence-electron chi connectivity index (χ4n) is 9.06. The number of hydrogen-bond acceptors (Lipinski definition) is 1. The Bertz CT molecular complexity index is 607. The summed E-state index contributed by atoms with van der Waals surface area (Å²) in [7, 11) is 0. The molecule has 8 atom stereocenters. The lowest BCUT2D eigenvalue weighted by Gasteiger charge is -2.58. The van der Waals surface area contributed by atoms with E-state index in [9.17, 15) is 5.11 Å². The summed E-state index contributed by atoms with van der Waals surface area (Å²) in [6, 6.07) is 0. The van der Waals surface area contributed by atoms with Crippen molar-refractivity contribution in [2.75, 3.05) is 0 Å². The summed E-state index contributed by atoms with van der Waals surface area (Å²) in [5, 5.41) is 10.2. The quantitative estimate of drug-likeness (QED) is 0.313. The maximum absolute atomic E-state index is 10.2. The molecule has 4 aliphatic rings. The molecule has 172 valence electrons. The number of aliphatic hydroxyl groups is 1. The molecule has 3 fully saturated rings. The molecule has 0 spiro atoms. The van der Waals surface area contributed by atoms with E-state index >= 15 is 0 Å². The van der Waals surface area contributed by atoms with Gasteiger partial charge in [0.15, 0.2) is 0 Å². The monoisotopic (exact) mass is 414 g/mol. The lowest BCUT2D eigenvalue weighted by Crippen LogP contribution is -2.50. The van der Waals surface area contributed by atoms with Crippen molar-refractivity contribution in [1.82, 2.24) is 0 Å². The first-order chi connectivity index (χ1) is 14.4. The average Bonchev–Trinajstić information content (AvgIpc) is 3.08. The topological polar surface area (TPSA) is 20.2 Å². The highest BCUT2D eigenvalue weighted by atomic mass is 16.3. The summed E-state index contributed by atoms with van der Waals surface area (Å²) in [5.41, 5.74) is 2.61. The second-order valence-corrected chi connectivity index (χ2v) is 12.4. The van der Waals surface area contributed by atoms with Gasteiger partial charge in [-0.15, -0.1) is 0 Å². The van der Waals surface area contributed by atoms with E-state index in [2.05, 4.69) is 33.8 Å². The molecule has 1 heteroatoms. The van der Waals surface area contributed by atoms with Crippen LogP contribution in [-0.4, -0.2) is 11.2 Å². The van der Waals surface area contributed by atoms with Crippen LogP contribution in [0, 0.1) is 40.4 Å². The Kier molecular flexibility index (Phi) is 7.08. The highest BCUT2D eigenvalue weighted by Gasteiger charge is 2.59. The molecule has 30 heavy (non-hydrogen) atoms. The zero-order valence-electron chi connectivity index (χ0n) is 20.6. The minimum atomic E-state index is -0.0755. The zero-order valence-corrected chi connectivity index (χ0v) is 20.6. The van der Waals surface area contributed by atoms with E-state index in [1.54, 1.807) is 5.57 Å². The minimum Gasteiger partial charge on any atom is -0.393 e. The molecule has 0 aromatic carbocycles. The largest absolute Gasteiger partial charge is 0.393 e. The third-order valence-corrected chi connectivity index (χ3v) is 10.9. The zero-order chi connectivity index (χ0) is 21.4. The predicted octanol–water partition coefficient (Wildman–Crippen LogP) is 8.31. The van der Waals surface area contributed by atoms with E-state index in [4.69, 9.17) is 0 Å². The third kappa shape index (κ3) is 4.06. The molecule has 3 saturated carbocycles. The summed E-state index contributed by atoms with van der Waals surface area (Å²) < 4.78 is 0. The van der Waals surface area contributed by atoms with Gasteiger partial charge < -0.3 is 5.11 Å². The van der Waals surface area contributed by atoms with Gasteiger partial charge in [0, 0.05) is 0 Å². The molecule has 0 aromatic rings. The van der Waals surface area contributed by atoms with Gasteiger partial charge in [0.25, 0.3) is 0 Å². The predicted molar refractivity (Wildman–Crippen MR) is 128 cm³/mol. The number of unbranched alkanes of at least 4 members (excludes halogenated alkanes) is 5. The van der Waals surface area contributed by atoms with Crippen LogP contribution < -0.4 is 0 Å². The molecule has 0 amide bonds. The number of hydrogen-bond donors (Lipinski definition) is 1. The molecule has 4 rings (SSSR count). The van der Waals surface area contributed by atoms with Crippen molar-refractivity contribution in [3.63, 3.8) is 0 Å². The van der Waals surface area contributed by atoms with Crippen molar-refractivity contribution in [2.45, 2.75) is 130 Å². The normalized spacial score (nSPS) is 44.0. The summed E-state index contributed by atoms with van der Waals surface area (Å²) in [6.07, 6.45) is 23.0. The highest BCUT2D eigenvalue weighted by Crippen LogP contribution is 2.67. The number of aliphatic hydroxyl groups excluding tert-OH is 1. The van der Waals surface area contributed by atoms with Crippen LogP contribution >= 0.6 is 0 Å². The van der Waals surface area contributed by atoms with Crippen molar-refractivity contribution < 1.29 is 5.11 Å². The van der Waals surface area contributed by atoms with Gasteiger partial charge in [-0.2, -0.15) is 0 Å². The summed E-state index contributed by atoms with van der Waals surface area (Å²) in [6.45, 7) is 10.2. The van der Waals surface area contributed by atoms with E-state index in [-0.39, 0.29) is 6.10 Å². The van der Waals surface area contributed by atoms with Gasteiger partial charge in [0.1, 0.15) is 0 Å². The van der Waals surface area contributed by atoms with Crippen LogP contribution in [0.15, 0.2) is 11.6 Å². The molecule has 0 radical (unpaired) electrons. The number of rotatable bonds is 8. The molecule has 1 N–H and O–H groups in total. The van der Waals surface area contributed by atoms with E-state index in [1.807, 2.05) is 0 Å². The van der Waals surface area contributed by atoms with Crippen LogP contribution in [-0.2, 0) is 0 Å². The van der Waals surface area contributed by atoms with Gasteiger partial charge in [-0.1, -0.05) is 84.3 Å². The minimum absolute atomic E-state index is 0.0755. The molecule has 1 nitrogen and oxygen atoms in total. The Hall–Kier alpha value is -0.300. The van der Waals surface area contributed by atoms with Gasteiger partial charge in [0.2, 0.25) is 0 Å². The number of allylic oxidation sites excluding steroid dienone is 1. The molecule has 0 bridgehead atoms. The van der Waals surface area contributed by atoms with Crippen molar-refractivity contribution in [3.8, 4) is 0 Å². The lowest BCUT2D eigenvalue weighted by atomic mass is 9.47. The van der Waals surface area contributed by atoms with Crippen molar-refractivity contribution in [2.24, 2.45) is 40.4 Å². The maximum Gasteiger partial charge on any atom is 0.0577 e. The average molecular weight is 415 g/mol. The molecule has 0 heterocycles. The molecular formula is C29H50O. The van der Waals surface area contributed by atoms with Crippen LogP contribution in [0.2, 0.25) is 0 Å². The van der Waals surface area contributed by atoms with Crippen molar-refractivity contribution >= 4 is 0 Å². The number of fused-ring (bicyclic) bond motifs is 5. The maximum atomic E-state index is 10.2. The van der Waals surface area contributed by atoms with Gasteiger partial charge in [0.05, 0.1) is 6.10 Å². The van der Waals surface area contributed by atoms with Crippen LogP contribution in [0.25, 0.3) is 0 Å². The van der Waals surface area contributed by atoms with Gasteiger partial charge >= 0.3 is 0 Å². The Morgan fingerprint density at radius 3 is 2.53 bits per heavy atom. The fraction of sp³-hybridized carbons (Fsp3) is 0.931. The molecule has 0 saturated heterocycles. The van der Waals surface area contributed by atoms with Crippen LogP contribution in [0.4, 0.5) is 0 Å². The van der Waals surface area contributed by atoms with E-state index in [0.717, 1.165) is 42.4 Å². The van der Waals surface area contributed by atoms with E-state index in [0.29, 0.717) is 10.8 Å². The van der Waals surface area contributed by atoms with Crippen LogP contribution in [0.3, 0.4) is 0 Å². The molecule has 0 aromatic heterocycles. The smallest absolute Gasteiger partial charge is 0.0577 e. The molecule has 4 aliphatic carbocycles. The van der Waals surface area contributed by atoms with Crippen LogP contribution in [0.5, 0.6) is 0 Å².